The third-order valence-corrected chi connectivity index (χ3v) is 6.29. The molecule has 33 heavy (non-hydrogen) atoms. The summed E-state index contributed by atoms with van der Waals surface area (Å²) < 4.78 is 39.4. The Balaban J connectivity index is 1.57. The van der Waals surface area contributed by atoms with Crippen LogP contribution in [0.25, 0.3) is 0 Å². The molecule has 3 aromatic rings. The maximum Gasteiger partial charge on any atom is 0.287 e. The van der Waals surface area contributed by atoms with Crippen LogP contribution in [0.4, 0.5) is 0 Å². The number of furan rings is 1. The molecule has 1 amide bonds. The summed E-state index contributed by atoms with van der Waals surface area (Å²) in [5, 5.41) is 2.83. The monoisotopic (exact) mass is 473 g/mol. The van der Waals surface area contributed by atoms with E-state index in [9.17, 15) is 9.00 Å². The number of nitrogens with one attached hydrogen (secondary N) is 1. The predicted octanol–water partition coefficient (Wildman–Crippen LogP) is 3.59. The molecule has 9 heteroatoms. The first-order valence-corrected chi connectivity index (χ1v) is 11.5. The standard InChI is InChI=1S/C24H27NO7S/c1-28-17-6-9-19(10-7-17)33(27)15-18-8-12-21(32-18)24(26)25-14-13-16-5-11-20(29-2)23(31-4)22(16)30-3/h5-12H,13-15H2,1-4H3,(H,25,26)/t33-/m0/s1. The highest BCUT2D eigenvalue weighted by Gasteiger charge is 2.17. The summed E-state index contributed by atoms with van der Waals surface area (Å²) in [6.07, 6.45) is 0.518. The quantitative estimate of drug-likeness (QED) is 0.455. The number of amides is 1. The average molecular weight is 474 g/mol. The summed E-state index contributed by atoms with van der Waals surface area (Å²) in [4.78, 5) is 13.1. The molecule has 0 aliphatic rings. The maximum atomic E-state index is 12.6. The molecule has 0 aliphatic heterocycles. The number of methoxy groups -OCH3 is 4. The zero-order valence-electron chi connectivity index (χ0n) is 19.0. The van der Waals surface area contributed by atoms with Gasteiger partial charge >= 0.3 is 0 Å². The van der Waals surface area contributed by atoms with Gasteiger partial charge in [0.2, 0.25) is 5.75 Å². The molecule has 1 aromatic heterocycles. The number of carbonyl (C=O) groups excluding carboxylic acids is 1. The van der Waals surface area contributed by atoms with E-state index >= 15 is 0 Å². The molecule has 1 N–H and O–H groups in total. The van der Waals surface area contributed by atoms with Gasteiger partial charge in [0.05, 0.1) is 45.0 Å². The van der Waals surface area contributed by atoms with E-state index in [4.69, 9.17) is 23.4 Å². The lowest BCUT2D eigenvalue weighted by molar-refractivity contribution is 0.0925. The number of hydrogen-bond acceptors (Lipinski definition) is 7. The van der Waals surface area contributed by atoms with Gasteiger partial charge in [-0.3, -0.25) is 9.00 Å². The lowest BCUT2D eigenvalue weighted by Crippen LogP contribution is -2.25. The zero-order valence-corrected chi connectivity index (χ0v) is 19.8. The molecule has 176 valence electrons. The van der Waals surface area contributed by atoms with Crippen LogP contribution in [-0.4, -0.2) is 45.1 Å². The Labute approximate surface area is 195 Å². The van der Waals surface area contributed by atoms with E-state index in [1.165, 1.54) is 0 Å². The van der Waals surface area contributed by atoms with Gasteiger partial charge in [0, 0.05) is 17.0 Å². The molecular weight excluding hydrogens is 446 g/mol. The molecule has 8 nitrogen and oxygen atoms in total. The van der Waals surface area contributed by atoms with Crippen molar-refractivity contribution in [3.05, 3.63) is 65.6 Å². The molecule has 0 fully saturated rings. The van der Waals surface area contributed by atoms with Gasteiger partial charge in [0.25, 0.3) is 5.91 Å². The highest BCUT2D eigenvalue weighted by Crippen LogP contribution is 2.39. The van der Waals surface area contributed by atoms with Gasteiger partial charge in [-0.2, -0.15) is 0 Å². The van der Waals surface area contributed by atoms with Crippen molar-refractivity contribution in [1.29, 1.82) is 0 Å². The minimum Gasteiger partial charge on any atom is -0.497 e. The fourth-order valence-electron chi connectivity index (χ4n) is 3.28. The summed E-state index contributed by atoms with van der Waals surface area (Å²) in [6.45, 7) is 0.360. The van der Waals surface area contributed by atoms with Gasteiger partial charge in [-0.15, -0.1) is 0 Å². The lowest BCUT2D eigenvalue weighted by atomic mass is 10.1. The van der Waals surface area contributed by atoms with Crippen molar-refractivity contribution in [3.8, 4) is 23.0 Å². The SMILES string of the molecule is COc1ccc([S@@](=O)Cc2ccc(C(=O)NCCc3ccc(OC)c(OC)c3OC)o2)cc1. The van der Waals surface area contributed by atoms with Crippen molar-refractivity contribution in [2.75, 3.05) is 35.0 Å². The topological polar surface area (TPSA) is 96.2 Å². The summed E-state index contributed by atoms with van der Waals surface area (Å²) in [5.74, 6) is 2.78. The molecule has 0 saturated heterocycles. The van der Waals surface area contributed by atoms with Crippen LogP contribution in [0.2, 0.25) is 0 Å². The first-order valence-electron chi connectivity index (χ1n) is 10.2. The van der Waals surface area contributed by atoms with E-state index in [-0.39, 0.29) is 17.4 Å². The Hall–Kier alpha value is -3.46. The van der Waals surface area contributed by atoms with E-state index in [1.54, 1.807) is 70.9 Å². The first-order chi connectivity index (χ1) is 16.0. The minimum atomic E-state index is -1.30. The zero-order chi connectivity index (χ0) is 23.8. The molecule has 1 heterocycles. The number of benzene rings is 2. The van der Waals surface area contributed by atoms with Crippen molar-refractivity contribution in [2.45, 2.75) is 17.1 Å². The van der Waals surface area contributed by atoms with E-state index in [0.29, 0.717) is 46.6 Å². The number of rotatable bonds is 11. The Kier molecular flexibility index (Phi) is 8.37. The summed E-state index contributed by atoms with van der Waals surface area (Å²) >= 11 is 0. The van der Waals surface area contributed by atoms with Crippen LogP contribution in [-0.2, 0) is 23.0 Å². The summed E-state index contributed by atoms with van der Waals surface area (Å²) in [5.41, 5.74) is 0.866. The van der Waals surface area contributed by atoms with Crippen LogP contribution < -0.4 is 24.3 Å². The Morgan fingerprint density at radius 2 is 1.61 bits per heavy atom. The van der Waals surface area contributed by atoms with Gasteiger partial charge in [0.1, 0.15) is 11.5 Å². The molecule has 2 aromatic carbocycles. The van der Waals surface area contributed by atoms with Crippen LogP contribution in [0.1, 0.15) is 21.9 Å². The van der Waals surface area contributed by atoms with Crippen molar-refractivity contribution >= 4 is 16.7 Å². The normalized spacial score (nSPS) is 11.5. The Morgan fingerprint density at radius 3 is 2.24 bits per heavy atom. The second-order valence-corrected chi connectivity index (χ2v) is 8.38. The number of carbonyl (C=O) groups is 1. The summed E-state index contributed by atoms with van der Waals surface area (Å²) in [7, 11) is 4.93. The highest BCUT2D eigenvalue weighted by molar-refractivity contribution is 7.84. The first kappa shape index (κ1) is 24.2. The van der Waals surface area contributed by atoms with Crippen LogP contribution in [0.15, 0.2) is 57.8 Å². The largest absolute Gasteiger partial charge is 0.497 e. The molecule has 0 spiro atoms. The fourth-order valence-corrected chi connectivity index (χ4v) is 4.30. The van der Waals surface area contributed by atoms with Crippen LogP contribution >= 0.6 is 0 Å². The van der Waals surface area contributed by atoms with Crippen molar-refractivity contribution in [2.24, 2.45) is 0 Å². The molecule has 1 atom stereocenters. The van der Waals surface area contributed by atoms with E-state index in [2.05, 4.69) is 5.32 Å². The second-order valence-electron chi connectivity index (χ2n) is 6.93. The van der Waals surface area contributed by atoms with Gasteiger partial charge in [0.15, 0.2) is 17.3 Å². The van der Waals surface area contributed by atoms with Gasteiger partial charge in [-0.05, 0) is 48.9 Å². The fraction of sp³-hybridized carbons (Fsp3) is 0.292. The van der Waals surface area contributed by atoms with E-state index < -0.39 is 10.8 Å². The maximum absolute atomic E-state index is 12.6. The van der Waals surface area contributed by atoms with Gasteiger partial charge in [-0.1, -0.05) is 6.07 Å². The molecule has 0 unspecified atom stereocenters. The van der Waals surface area contributed by atoms with Gasteiger partial charge in [-0.25, -0.2) is 0 Å². The number of hydrogen-bond donors (Lipinski definition) is 1. The smallest absolute Gasteiger partial charge is 0.287 e. The molecule has 0 aliphatic carbocycles. The van der Waals surface area contributed by atoms with E-state index in [1.807, 2.05) is 6.07 Å². The summed E-state index contributed by atoms with van der Waals surface area (Å²) in [6, 6.07) is 13.9. The third kappa shape index (κ3) is 5.87. The molecule has 0 saturated carbocycles. The van der Waals surface area contributed by atoms with E-state index in [0.717, 1.165) is 5.56 Å². The predicted molar refractivity (Wildman–Crippen MR) is 124 cm³/mol. The average Bonchev–Trinajstić information content (AvgIpc) is 3.31. The van der Waals surface area contributed by atoms with Crippen molar-refractivity contribution < 1.29 is 32.4 Å². The Morgan fingerprint density at radius 1 is 0.879 bits per heavy atom. The highest BCUT2D eigenvalue weighted by atomic mass is 32.2. The second kappa shape index (κ2) is 11.4. The van der Waals surface area contributed by atoms with Gasteiger partial charge < -0.3 is 28.7 Å². The van der Waals surface area contributed by atoms with Crippen molar-refractivity contribution in [3.63, 3.8) is 0 Å². The van der Waals surface area contributed by atoms with Crippen LogP contribution in [0.3, 0.4) is 0 Å². The molecule has 0 radical (unpaired) electrons. The third-order valence-electron chi connectivity index (χ3n) is 4.95. The number of ether oxygens (including phenoxy) is 4. The molecule has 3 rings (SSSR count). The Bertz CT molecular complexity index is 1110. The molecule has 0 bridgehead atoms. The lowest BCUT2D eigenvalue weighted by Gasteiger charge is -2.15. The molecular formula is C24H27NO7S. The van der Waals surface area contributed by atoms with Crippen LogP contribution in [0.5, 0.6) is 23.0 Å². The van der Waals surface area contributed by atoms with Crippen molar-refractivity contribution in [1.82, 2.24) is 5.32 Å². The van der Waals surface area contributed by atoms with Crippen LogP contribution in [0, 0.1) is 0 Å². The minimum absolute atomic E-state index is 0.163.